The minimum Gasteiger partial charge on any atom is -0.353 e. The summed E-state index contributed by atoms with van der Waals surface area (Å²) < 4.78 is 0. The third kappa shape index (κ3) is 4.17. The molecule has 0 spiro atoms. The molecule has 104 valence electrons. The van der Waals surface area contributed by atoms with Gasteiger partial charge < -0.3 is 15.5 Å². The average molecular weight is 273 g/mol. The van der Waals surface area contributed by atoms with Gasteiger partial charge in [0.15, 0.2) is 0 Å². The molecule has 0 bridgehead atoms. The van der Waals surface area contributed by atoms with Gasteiger partial charge >= 0.3 is 0 Å². The van der Waals surface area contributed by atoms with E-state index in [1.165, 1.54) is 0 Å². The molecule has 1 fully saturated rings. The average Bonchev–Trinajstić information content (AvgIpc) is 2.85. The molecule has 1 aliphatic heterocycles. The first-order chi connectivity index (χ1) is 8.60. The zero-order valence-electron chi connectivity index (χ0n) is 11.4. The molecule has 2 unspecified atom stereocenters. The number of hydrogen-bond acceptors (Lipinski definition) is 4. The fourth-order valence-corrected chi connectivity index (χ4v) is 2.92. The van der Waals surface area contributed by atoms with E-state index in [4.69, 9.17) is 0 Å². The molecule has 0 aliphatic carbocycles. The molecule has 1 heterocycles. The van der Waals surface area contributed by atoms with Gasteiger partial charge in [-0.3, -0.25) is 9.59 Å². The molecule has 1 aliphatic rings. The molecule has 0 aromatic carbocycles. The Hall–Kier alpha value is -0.750. The van der Waals surface area contributed by atoms with Crippen LogP contribution in [0.3, 0.4) is 0 Å². The fourth-order valence-electron chi connectivity index (χ4n) is 1.74. The van der Waals surface area contributed by atoms with Gasteiger partial charge in [0, 0.05) is 24.8 Å². The summed E-state index contributed by atoms with van der Waals surface area (Å²) in [5.41, 5.74) is 0. The Labute approximate surface area is 113 Å². The first kappa shape index (κ1) is 15.3. The quantitative estimate of drug-likeness (QED) is 0.736. The summed E-state index contributed by atoms with van der Waals surface area (Å²) in [7, 11) is 1.86. The molecule has 1 saturated heterocycles. The monoisotopic (exact) mass is 273 g/mol. The summed E-state index contributed by atoms with van der Waals surface area (Å²) in [4.78, 5) is 25.6. The molecule has 0 saturated carbocycles. The lowest BCUT2D eigenvalue weighted by Crippen LogP contribution is -2.49. The van der Waals surface area contributed by atoms with Crippen molar-refractivity contribution in [3.05, 3.63) is 0 Å². The van der Waals surface area contributed by atoms with Crippen molar-refractivity contribution >= 4 is 23.6 Å². The topological polar surface area (TPSA) is 61.4 Å². The van der Waals surface area contributed by atoms with E-state index in [2.05, 4.69) is 10.6 Å². The summed E-state index contributed by atoms with van der Waals surface area (Å²) in [6.07, 6.45) is 1.35. The highest BCUT2D eigenvalue weighted by atomic mass is 32.2. The minimum absolute atomic E-state index is 0.0356. The Balaban J connectivity index is 2.48. The standard InChI is InChI=1S/C12H23N3O2S/c1-4-5-11(16)15-8-18-7-10(15)12(17)14-6-9(2)13-3/h9-10,13H,4-8H2,1-3H3,(H,14,17). The van der Waals surface area contributed by atoms with E-state index < -0.39 is 0 Å². The van der Waals surface area contributed by atoms with Gasteiger partial charge in [-0.05, 0) is 20.4 Å². The van der Waals surface area contributed by atoms with Crippen molar-refractivity contribution in [3.63, 3.8) is 0 Å². The van der Waals surface area contributed by atoms with Crippen LogP contribution in [-0.2, 0) is 9.59 Å². The zero-order valence-corrected chi connectivity index (χ0v) is 12.2. The van der Waals surface area contributed by atoms with Gasteiger partial charge in [-0.15, -0.1) is 11.8 Å². The lowest BCUT2D eigenvalue weighted by Gasteiger charge is -2.23. The first-order valence-electron chi connectivity index (χ1n) is 6.42. The van der Waals surface area contributed by atoms with Crippen molar-refractivity contribution < 1.29 is 9.59 Å². The van der Waals surface area contributed by atoms with Crippen LogP contribution in [0.15, 0.2) is 0 Å². The summed E-state index contributed by atoms with van der Waals surface area (Å²) in [6.45, 7) is 4.57. The van der Waals surface area contributed by atoms with Gasteiger partial charge in [0.1, 0.15) is 6.04 Å². The maximum absolute atomic E-state index is 12.0. The van der Waals surface area contributed by atoms with Crippen molar-refractivity contribution in [2.24, 2.45) is 0 Å². The Bertz CT molecular complexity index is 299. The smallest absolute Gasteiger partial charge is 0.243 e. The van der Waals surface area contributed by atoms with Crippen molar-refractivity contribution in [1.82, 2.24) is 15.5 Å². The number of thioether (sulfide) groups is 1. The maximum atomic E-state index is 12.0. The van der Waals surface area contributed by atoms with E-state index in [-0.39, 0.29) is 23.9 Å². The Morgan fingerprint density at radius 3 is 2.83 bits per heavy atom. The number of amides is 2. The summed E-state index contributed by atoms with van der Waals surface area (Å²) >= 11 is 1.64. The Morgan fingerprint density at radius 1 is 1.50 bits per heavy atom. The molecule has 0 radical (unpaired) electrons. The van der Waals surface area contributed by atoms with E-state index in [0.717, 1.165) is 6.42 Å². The van der Waals surface area contributed by atoms with E-state index >= 15 is 0 Å². The van der Waals surface area contributed by atoms with Gasteiger partial charge in [-0.1, -0.05) is 6.92 Å². The Kier molecular flexibility index (Phi) is 6.49. The molecule has 5 nitrogen and oxygen atoms in total. The van der Waals surface area contributed by atoms with Crippen molar-refractivity contribution in [3.8, 4) is 0 Å². The highest BCUT2D eigenvalue weighted by Crippen LogP contribution is 2.22. The predicted molar refractivity (Wildman–Crippen MR) is 74.4 cm³/mol. The van der Waals surface area contributed by atoms with Crippen molar-refractivity contribution in [1.29, 1.82) is 0 Å². The number of nitrogens with zero attached hydrogens (tertiary/aromatic N) is 1. The highest BCUT2D eigenvalue weighted by Gasteiger charge is 2.33. The van der Waals surface area contributed by atoms with Crippen LogP contribution < -0.4 is 10.6 Å². The van der Waals surface area contributed by atoms with E-state index in [0.29, 0.717) is 24.6 Å². The van der Waals surface area contributed by atoms with Gasteiger partial charge in [0.05, 0.1) is 5.88 Å². The maximum Gasteiger partial charge on any atom is 0.243 e. The number of likely N-dealkylation sites (N-methyl/N-ethyl adjacent to an activating group) is 1. The van der Waals surface area contributed by atoms with Crippen molar-refractivity contribution in [2.45, 2.75) is 38.8 Å². The van der Waals surface area contributed by atoms with Crippen LogP contribution in [0.5, 0.6) is 0 Å². The summed E-state index contributed by atoms with van der Waals surface area (Å²) in [5.74, 6) is 1.39. The largest absolute Gasteiger partial charge is 0.353 e. The number of carbonyl (C=O) groups excluding carboxylic acids is 2. The van der Waals surface area contributed by atoms with Crippen LogP contribution in [0.1, 0.15) is 26.7 Å². The number of nitrogens with one attached hydrogen (secondary N) is 2. The van der Waals surface area contributed by atoms with Crippen LogP contribution in [0.2, 0.25) is 0 Å². The first-order valence-corrected chi connectivity index (χ1v) is 7.57. The third-order valence-corrected chi connectivity index (χ3v) is 4.06. The third-order valence-electron chi connectivity index (χ3n) is 3.04. The number of carbonyl (C=O) groups is 2. The SMILES string of the molecule is CCCC(=O)N1CSCC1C(=O)NCC(C)NC. The van der Waals surface area contributed by atoms with Crippen LogP contribution in [0.25, 0.3) is 0 Å². The van der Waals surface area contributed by atoms with Crippen LogP contribution in [0.4, 0.5) is 0 Å². The molecule has 1 rings (SSSR count). The highest BCUT2D eigenvalue weighted by molar-refractivity contribution is 7.99. The second-order valence-electron chi connectivity index (χ2n) is 4.56. The lowest BCUT2D eigenvalue weighted by molar-refractivity contribution is -0.138. The van der Waals surface area contributed by atoms with Gasteiger partial charge in [-0.2, -0.15) is 0 Å². The lowest BCUT2D eigenvalue weighted by atomic mass is 10.2. The summed E-state index contributed by atoms with van der Waals surface area (Å²) in [5, 5.41) is 5.96. The molecular weight excluding hydrogens is 250 g/mol. The number of rotatable bonds is 6. The second kappa shape index (κ2) is 7.63. The van der Waals surface area contributed by atoms with Crippen LogP contribution in [-0.4, -0.2) is 54.0 Å². The van der Waals surface area contributed by atoms with Gasteiger partial charge in [0.25, 0.3) is 0 Å². The summed E-state index contributed by atoms with van der Waals surface area (Å²) in [6, 6.07) is -0.0547. The minimum atomic E-state index is -0.293. The van der Waals surface area contributed by atoms with Gasteiger partial charge in [0.2, 0.25) is 11.8 Å². The van der Waals surface area contributed by atoms with E-state index in [1.807, 2.05) is 20.9 Å². The number of hydrogen-bond donors (Lipinski definition) is 2. The molecule has 2 atom stereocenters. The molecule has 18 heavy (non-hydrogen) atoms. The van der Waals surface area contributed by atoms with Crippen LogP contribution >= 0.6 is 11.8 Å². The molecule has 0 aromatic rings. The second-order valence-corrected chi connectivity index (χ2v) is 5.56. The molecule has 2 amide bonds. The normalized spacial score (nSPS) is 20.8. The fraction of sp³-hybridized carbons (Fsp3) is 0.833. The van der Waals surface area contributed by atoms with E-state index in [9.17, 15) is 9.59 Å². The zero-order chi connectivity index (χ0) is 13.5. The molecule has 0 aromatic heterocycles. The Morgan fingerprint density at radius 2 is 2.22 bits per heavy atom. The predicted octanol–water partition coefficient (Wildman–Crippen LogP) is 0.412. The van der Waals surface area contributed by atoms with Gasteiger partial charge in [-0.25, -0.2) is 0 Å². The van der Waals surface area contributed by atoms with Crippen molar-refractivity contribution in [2.75, 3.05) is 25.2 Å². The molecule has 2 N–H and O–H groups in total. The molecular formula is C12H23N3O2S. The molecule has 6 heteroatoms. The van der Waals surface area contributed by atoms with E-state index in [1.54, 1.807) is 16.7 Å². The van der Waals surface area contributed by atoms with Crippen LogP contribution in [0, 0.1) is 0 Å².